The van der Waals surface area contributed by atoms with E-state index in [0.717, 1.165) is 17.5 Å². The van der Waals surface area contributed by atoms with Crippen molar-refractivity contribution < 1.29 is 14.3 Å². The Bertz CT molecular complexity index is 1010. The van der Waals surface area contributed by atoms with Gasteiger partial charge in [0, 0.05) is 17.8 Å². The predicted molar refractivity (Wildman–Crippen MR) is 134 cm³/mol. The number of alkyl carbamates (subject to hydrolysis) is 1. The lowest BCUT2D eigenvalue weighted by atomic mass is 10.1. The van der Waals surface area contributed by atoms with Crippen molar-refractivity contribution in [3.05, 3.63) is 94.2 Å². The molecule has 0 aliphatic carbocycles. The van der Waals surface area contributed by atoms with Gasteiger partial charge in [0.2, 0.25) is 0 Å². The van der Waals surface area contributed by atoms with Crippen molar-refractivity contribution in [1.29, 1.82) is 0 Å². The molecule has 0 fully saturated rings. The number of hydrogen-bond acceptors (Lipinski definition) is 5. The van der Waals surface area contributed by atoms with Crippen molar-refractivity contribution in [3.63, 3.8) is 0 Å². The maximum atomic E-state index is 12.8. The van der Waals surface area contributed by atoms with Crippen LogP contribution in [0.25, 0.3) is 0 Å². The van der Waals surface area contributed by atoms with Crippen LogP contribution in [0.4, 0.5) is 4.79 Å². The molecular weight excluding hydrogens is 456 g/mol. The normalized spacial score (nSPS) is 11.2. The Balaban J connectivity index is 1.49. The van der Waals surface area contributed by atoms with Crippen LogP contribution in [0.1, 0.15) is 16.0 Å². The predicted octanol–water partition coefficient (Wildman–Crippen LogP) is 3.32. The monoisotopic (exact) mass is 482 g/mol. The number of carbonyl (C=O) groups is 2. The number of hydrazine groups is 1. The van der Waals surface area contributed by atoms with Crippen LogP contribution < -0.4 is 21.5 Å². The van der Waals surface area contributed by atoms with Crippen LogP contribution in [0.5, 0.6) is 0 Å². The second-order valence-electron chi connectivity index (χ2n) is 7.15. The number of amides is 2. The van der Waals surface area contributed by atoms with Crippen molar-refractivity contribution in [2.45, 2.75) is 25.5 Å². The fourth-order valence-electron chi connectivity index (χ4n) is 2.97. The third-order valence-electron chi connectivity index (χ3n) is 4.64. The summed E-state index contributed by atoms with van der Waals surface area (Å²) >= 11 is 6.90. The highest BCUT2D eigenvalue weighted by Crippen LogP contribution is 2.08. The van der Waals surface area contributed by atoms with Crippen molar-refractivity contribution in [1.82, 2.24) is 21.5 Å². The first-order valence-corrected chi connectivity index (χ1v) is 11.8. The highest BCUT2D eigenvalue weighted by atomic mass is 32.1. The zero-order chi connectivity index (χ0) is 23.3. The molecule has 3 aromatic rings. The first-order chi connectivity index (χ1) is 16.1. The van der Waals surface area contributed by atoms with E-state index >= 15 is 0 Å². The molecule has 1 atom stereocenters. The molecule has 9 heteroatoms. The first kappa shape index (κ1) is 24.2. The second-order valence-corrected chi connectivity index (χ2v) is 8.59. The van der Waals surface area contributed by atoms with Crippen molar-refractivity contribution in [3.8, 4) is 0 Å². The van der Waals surface area contributed by atoms with Crippen LogP contribution in [0.3, 0.4) is 0 Å². The van der Waals surface area contributed by atoms with Gasteiger partial charge in [0.05, 0.1) is 0 Å². The van der Waals surface area contributed by atoms with E-state index < -0.39 is 18.0 Å². The van der Waals surface area contributed by atoms with Gasteiger partial charge in [-0.1, -0.05) is 66.7 Å². The molecule has 33 heavy (non-hydrogen) atoms. The minimum atomic E-state index is -0.850. The molecule has 0 spiro atoms. The summed E-state index contributed by atoms with van der Waals surface area (Å²) in [7, 11) is 0. The van der Waals surface area contributed by atoms with Crippen LogP contribution in [0, 0.1) is 0 Å². The van der Waals surface area contributed by atoms with E-state index in [1.54, 1.807) is 11.3 Å². The van der Waals surface area contributed by atoms with Gasteiger partial charge in [-0.05, 0) is 41.2 Å². The molecule has 4 N–H and O–H groups in total. The van der Waals surface area contributed by atoms with Crippen molar-refractivity contribution in [2.75, 3.05) is 6.54 Å². The number of benzene rings is 2. The molecule has 1 aromatic heterocycles. The first-order valence-electron chi connectivity index (χ1n) is 10.5. The zero-order valence-electron chi connectivity index (χ0n) is 18.0. The standard InChI is InChI=1S/C24H26N4O3S2/c29-22(27-28-23(32)25-14-13-20-12-7-15-33-20)21(16-18-8-3-1-4-9-18)26-24(30)31-17-19-10-5-2-6-11-19/h1-12,15,21H,13-14,16-17H2,(H,26,30)(H,27,29)(H2,25,28,32)/t21-/m1/s1. The minimum Gasteiger partial charge on any atom is -0.445 e. The number of nitrogens with one attached hydrogen (secondary N) is 4. The Morgan fingerprint density at radius 3 is 2.27 bits per heavy atom. The van der Waals surface area contributed by atoms with Crippen molar-refractivity contribution >= 4 is 40.7 Å². The van der Waals surface area contributed by atoms with E-state index in [-0.39, 0.29) is 6.61 Å². The van der Waals surface area contributed by atoms with E-state index in [2.05, 4.69) is 27.6 Å². The Kier molecular flexibility index (Phi) is 9.68. The highest BCUT2D eigenvalue weighted by Gasteiger charge is 2.22. The van der Waals surface area contributed by atoms with Crippen LogP contribution >= 0.6 is 23.6 Å². The minimum absolute atomic E-state index is 0.114. The number of hydrogen-bond donors (Lipinski definition) is 4. The average molecular weight is 483 g/mol. The average Bonchev–Trinajstić information content (AvgIpc) is 3.36. The van der Waals surface area contributed by atoms with Gasteiger partial charge in [-0.3, -0.25) is 15.6 Å². The second kappa shape index (κ2) is 13.2. The Labute approximate surface area is 202 Å². The molecule has 172 valence electrons. The van der Waals surface area contributed by atoms with Crippen molar-refractivity contribution in [2.24, 2.45) is 0 Å². The molecule has 0 saturated carbocycles. The largest absolute Gasteiger partial charge is 0.445 e. The van der Waals surface area contributed by atoms with Crippen LogP contribution in [0.2, 0.25) is 0 Å². The van der Waals surface area contributed by atoms with Gasteiger partial charge in [-0.15, -0.1) is 11.3 Å². The van der Waals surface area contributed by atoms with Crippen LogP contribution in [-0.2, 0) is 29.0 Å². The molecule has 0 aliphatic heterocycles. The molecule has 0 unspecified atom stereocenters. The lowest BCUT2D eigenvalue weighted by Gasteiger charge is -2.19. The maximum Gasteiger partial charge on any atom is 0.408 e. The Hall–Kier alpha value is -3.43. The zero-order valence-corrected chi connectivity index (χ0v) is 19.6. The smallest absolute Gasteiger partial charge is 0.408 e. The Morgan fingerprint density at radius 2 is 1.61 bits per heavy atom. The molecule has 3 rings (SSSR count). The lowest BCUT2D eigenvalue weighted by molar-refractivity contribution is -0.123. The van der Waals surface area contributed by atoms with Gasteiger partial charge in [0.25, 0.3) is 5.91 Å². The number of carbonyl (C=O) groups excluding carboxylic acids is 2. The molecule has 0 aliphatic rings. The molecule has 0 radical (unpaired) electrons. The number of ether oxygens (including phenoxy) is 1. The van der Waals surface area contributed by atoms with Gasteiger partial charge in [0.1, 0.15) is 12.6 Å². The maximum absolute atomic E-state index is 12.8. The summed E-state index contributed by atoms with van der Waals surface area (Å²) in [5, 5.41) is 8.01. The number of thiocarbonyl (C=S) groups is 1. The topological polar surface area (TPSA) is 91.5 Å². The molecule has 2 amide bonds. The summed E-state index contributed by atoms with van der Waals surface area (Å²) in [6.45, 7) is 0.753. The number of thiophene rings is 1. The lowest BCUT2D eigenvalue weighted by Crippen LogP contribution is -2.55. The Morgan fingerprint density at radius 1 is 0.909 bits per heavy atom. The quantitative estimate of drug-likeness (QED) is 0.276. The highest BCUT2D eigenvalue weighted by molar-refractivity contribution is 7.80. The molecule has 7 nitrogen and oxygen atoms in total. The van der Waals surface area contributed by atoms with Crippen LogP contribution in [0.15, 0.2) is 78.2 Å². The summed E-state index contributed by atoms with van der Waals surface area (Å²) < 4.78 is 5.27. The summed E-state index contributed by atoms with van der Waals surface area (Å²) in [6.07, 6.45) is 0.457. The summed E-state index contributed by atoms with van der Waals surface area (Å²) in [6, 6.07) is 22.0. The molecule has 0 saturated heterocycles. The van der Waals surface area contributed by atoms with E-state index in [0.29, 0.717) is 18.1 Å². The van der Waals surface area contributed by atoms with E-state index in [1.807, 2.05) is 72.1 Å². The van der Waals surface area contributed by atoms with E-state index in [9.17, 15) is 9.59 Å². The van der Waals surface area contributed by atoms with Gasteiger partial charge in [-0.25, -0.2) is 4.79 Å². The number of rotatable bonds is 9. The summed E-state index contributed by atoms with van der Waals surface area (Å²) in [5.41, 5.74) is 7.02. The summed E-state index contributed by atoms with van der Waals surface area (Å²) in [4.78, 5) is 26.4. The molecule has 1 heterocycles. The molecular formula is C24H26N4O3S2. The van der Waals surface area contributed by atoms with Gasteiger partial charge in [-0.2, -0.15) is 0 Å². The van der Waals surface area contributed by atoms with Gasteiger partial charge >= 0.3 is 6.09 Å². The third-order valence-corrected chi connectivity index (χ3v) is 5.82. The van der Waals surface area contributed by atoms with E-state index in [4.69, 9.17) is 17.0 Å². The fraction of sp³-hybridized carbons (Fsp3) is 0.208. The van der Waals surface area contributed by atoms with Gasteiger partial charge in [0.15, 0.2) is 5.11 Å². The molecule has 2 aromatic carbocycles. The fourth-order valence-corrected chi connectivity index (χ4v) is 3.83. The van der Waals surface area contributed by atoms with Crippen LogP contribution in [-0.4, -0.2) is 29.7 Å². The SMILES string of the molecule is O=C(N[C@H](Cc1ccccc1)C(=O)NNC(=S)NCCc1cccs1)OCc1ccccc1. The van der Waals surface area contributed by atoms with E-state index in [1.165, 1.54) is 4.88 Å². The third kappa shape index (κ3) is 8.91. The molecule has 0 bridgehead atoms. The summed E-state index contributed by atoms with van der Waals surface area (Å²) in [5.74, 6) is -0.432. The van der Waals surface area contributed by atoms with Gasteiger partial charge < -0.3 is 15.4 Å².